The Hall–Kier alpha value is -1.82. The number of benzene rings is 2. The second-order valence-corrected chi connectivity index (χ2v) is 4.73. The second kappa shape index (κ2) is 5.44. The molecule has 0 heterocycles. The fourth-order valence-corrected chi connectivity index (χ4v) is 1.99. The van der Waals surface area contributed by atoms with Gasteiger partial charge in [-0.05, 0) is 42.1 Å². The number of aromatic hydroxyl groups is 1. The standard InChI is InChI=1S/C13H9F3O2S/c14-13(15,16)19-10-5-3-4-9(8-10)18-12-7-2-1-6-11(12)17/h1-8,17H. The lowest BCUT2D eigenvalue weighted by Gasteiger charge is -2.09. The highest BCUT2D eigenvalue weighted by Crippen LogP contribution is 2.39. The van der Waals surface area contributed by atoms with Crippen molar-refractivity contribution in [1.29, 1.82) is 0 Å². The van der Waals surface area contributed by atoms with Gasteiger partial charge in [-0.15, -0.1) is 0 Å². The minimum Gasteiger partial charge on any atom is -0.504 e. The molecule has 0 radical (unpaired) electrons. The van der Waals surface area contributed by atoms with Crippen molar-refractivity contribution in [1.82, 2.24) is 0 Å². The summed E-state index contributed by atoms with van der Waals surface area (Å²) in [6, 6.07) is 11.8. The van der Waals surface area contributed by atoms with Crippen molar-refractivity contribution < 1.29 is 23.0 Å². The maximum absolute atomic E-state index is 12.2. The summed E-state index contributed by atoms with van der Waals surface area (Å²) in [5.41, 5.74) is -4.34. The van der Waals surface area contributed by atoms with Crippen LogP contribution in [0.25, 0.3) is 0 Å². The number of thioether (sulfide) groups is 1. The molecule has 0 bridgehead atoms. The zero-order valence-electron chi connectivity index (χ0n) is 9.52. The monoisotopic (exact) mass is 286 g/mol. The van der Waals surface area contributed by atoms with Gasteiger partial charge in [0.25, 0.3) is 0 Å². The molecule has 2 nitrogen and oxygen atoms in total. The smallest absolute Gasteiger partial charge is 0.446 e. The van der Waals surface area contributed by atoms with Gasteiger partial charge in [0.1, 0.15) is 5.75 Å². The fraction of sp³-hybridized carbons (Fsp3) is 0.0769. The number of ether oxygens (including phenoxy) is 1. The first-order chi connectivity index (χ1) is 8.94. The SMILES string of the molecule is Oc1ccccc1Oc1cccc(SC(F)(F)F)c1. The molecule has 0 aliphatic heterocycles. The molecule has 0 aromatic heterocycles. The summed E-state index contributed by atoms with van der Waals surface area (Å²) in [6.45, 7) is 0. The van der Waals surface area contributed by atoms with Crippen molar-refractivity contribution in [3.05, 3.63) is 48.5 Å². The summed E-state index contributed by atoms with van der Waals surface area (Å²) in [6.07, 6.45) is 0. The van der Waals surface area contributed by atoms with E-state index in [9.17, 15) is 18.3 Å². The number of hydrogen-bond acceptors (Lipinski definition) is 3. The van der Waals surface area contributed by atoms with Gasteiger partial charge in [-0.3, -0.25) is 0 Å². The van der Waals surface area contributed by atoms with Crippen LogP contribution in [-0.4, -0.2) is 10.6 Å². The lowest BCUT2D eigenvalue weighted by molar-refractivity contribution is -0.0328. The Morgan fingerprint density at radius 2 is 1.74 bits per heavy atom. The van der Waals surface area contributed by atoms with Crippen LogP contribution in [0.2, 0.25) is 0 Å². The number of phenolic OH excluding ortho intramolecular Hbond substituents is 1. The third-order valence-corrected chi connectivity index (χ3v) is 2.85. The van der Waals surface area contributed by atoms with Crippen LogP contribution in [0.1, 0.15) is 0 Å². The minimum atomic E-state index is -4.34. The van der Waals surface area contributed by atoms with E-state index in [2.05, 4.69) is 0 Å². The predicted octanol–water partition coefficient (Wildman–Crippen LogP) is 4.80. The van der Waals surface area contributed by atoms with E-state index in [1.54, 1.807) is 12.1 Å². The molecule has 2 rings (SSSR count). The average molecular weight is 286 g/mol. The van der Waals surface area contributed by atoms with Crippen LogP contribution in [0, 0.1) is 0 Å². The summed E-state index contributed by atoms with van der Waals surface area (Å²) in [5.74, 6) is 0.351. The number of rotatable bonds is 3. The van der Waals surface area contributed by atoms with E-state index in [0.29, 0.717) is 0 Å². The lowest BCUT2D eigenvalue weighted by atomic mass is 10.3. The molecule has 1 N–H and O–H groups in total. The van der Waals surface area contributed by atoms with Crippen LogP contribution in [0.5, 0.6) is 17.2 Å². The predicted molar refractivity (Wildman–Crippen MR) is 66.5 cm³/mol. The molecule has 0 spiro atoms. The number of phenols is 1. The van der Waals surface area contributed by atoms with E-state index < -0.39 is 5.51 Å². The number of para-hydroxylation sites is 2. The van der Waals surface area contributed by atoms with Crippen LogP contribution in [0.15, 0.2) is 53.4 Å². The van der Waals surface area contributed by atoms with Gasteiger partial charge >= 0.3 is 5.51 Å². The van der Waals surface area contributed by atoms with Crippen LogP contribution >= 0.6 is 11.8 Å². The molecule has 2 aromatic carbocycles. The number of alkyl halides is 3. The summed E-state index contributed by atoms with van der Waals surface area (Å²) in [7, 11) is 0. The quantitative estimate of drug-likeness (QED) is 0.822. The molecule has 0 saturated heterocycles. The van der Waals surface area contributed by atoms with E-state index in [0.717, 1.165) is 0 Å². The lowest BCUT2D eigenvalue weighted by Crippen LogP contribution is -1.98. The Kier molecular flexibility index (Phi) is 3.90. The summed E-state index contributed by atoms with van der Waals surface area (Å²) in [5, 5.41) is 9.52. The van der Waals surface area contributed by atoms with Crippen molar-refractivity contribution in [3.8, 4) is 17.2 Å². The Morgan fingerprint density at radius 3 is 2.42 bits per heavy atom. The van der Waals surface area contributed by atoms with E-state index >= 15 is 0 Å². The first-order valence-electron chi connectivity index (χ1n) is 5.26. The molecule has 0 saturated carbocycles. The third-order valence-electron chi connectivity index (χ3n) is 2.13. The highest BCUT2D eigenvalue weighted by Gasteiger charge is 2.29. The molecule has 2 aromatic rings. The Labute approximate surface area is 111 Å². The van der Waals surface area contributed by atoms with Gasteiger partial charge < -0.3 is 9.84 Å². The van der Waals surface area contributed by atoms with E-state index in [4.69, 9.17) is 4.74 Å². The number of hydrogen-bond donors (Lipinski definition) is 1. The van der Waals surface area contributed by atoms with Gasteiger partial charge in [0, 0.05) is 4.90 Å². The third kappa shape index (κ3) is 4.10. The molecule has 100 valence electrons. The molecule has 0 unspecified atom stereocenters. The van der Waals surface area contributed by atoms with E-state index in [-0.39, 0.29) is 33.9 Å². The average Bonchev–Trinajstić information content (AvgIpc) is 2.30. The maximum atomic E-state index is 12.2. The van der Waals surface area contributed by atoms with Crippen molar-refractivity contribution in [2.75, 3.05) is 0 Å². The molecule has 0 atom stereocenters. The molecular formula is C13H9F3O2S. The van der Waals surface area contributed by atoms with Crippen LogP contribution in [0.3, 0.4) is 0 Å². The molecular weight excluding hydrogens is 277 g/mol. The molecule has 0 aliphatic rings. The maximum Gasteiger partial charge on any atom is 0.446 e. The van der Waals surface area contributed by atoms with Crippen molar-refractivity contribution in [2.24, 2.45) is 0 Å². The largest absolute Gasteiger partial charge is 0.504 e. The van der Waals surface area contributed by atoms with Crippen molar-refractivity contribution in [3.63, 3.8) is 0 Å². The Balaban J connectivity index is 2.18. The van der Waals surface area contributed by atoms with E-state index in [1.165, 1.54) is 36.4 Å². The molecule has 0 amide bonds. The van der Waals surface area contributed by atoms with Gasteiger partial charge in [-0.1, -0.05) is 18.2 Å². The molecule has 6 heteroatoms. The highest BCUT2D eigenvalue weighted by atomic mass is 32.2. The highest BCUT2D eigenvalue weighted by molar-refractivity contribution is 8.00. The first kappa shape index (κ1) is 13.6. The van der Waals surface area contributed by atoms with Gasteiger partial charge in [0.2, 0.25) is 0 Å². The normalized spacial score (nSPS) is 11.3. The van der Waals surface area contributed by atoms with Gasteiger partial charge in [0.15, 0.2) is 11.5 Å². The van der Waals surface area contributed by atoms with Gasteiger partial charge in [0.05, 0.1) is 0 Å². The summed E-state index contributed by atoms with van der Waals surface area (Å²) >= 11 is -0.213. The Bertz CT molecular complexity index is 570. The molecule has 0 fully saturated rings. The first-order valence-corrected chi connectivity index (χ1v) is 6.07. The second-order valence-electron chi connectivity index (χ2n) is 3.59. The molecule has 19 heavy (non-hydrogen) atoms. The van der Waals surface area contributed by atoms with Gasteiger partial charge in [-0.2, -0.15) is 13.2 Å². The zero-order chi connectivity index (χ0) is 13.9. The molecule has 0 aliphatic carbocycles. The number of halogens is 3. The zero-order valence-corrected chi connectivity index (χ0v) is 10.3. The Morgan fingerprint density at radius 1 is 1.00 bits per heavy atom. The minimum absolute atomic E-state index is 0.0282. The van der Waals surface area contributed by atoms with Crippen LogP contribution < -0.4 is 4.74 Å². The van der Waals surface area contributed by atoms with E-state index in [1.807, 2.05) is 0 Å². The van der Waals surface area contributed by atoms with Gasteiger partial charge in [-0.25, -0.2) is 0 Å². The summed E-state index contributed by atoms with van der Waals surface area (Å²) < 4.78 is 42.1. The fourth-order valence-electron chi connectivity index (χ4n) is 1.41. The topological polar surface area (TPSA) is 29.5 Å². The van der Waals surface area contributed by atoms with Crippen molar-refractivity contribution in [2.45, 2.75) is 10.4 Å². The van der Waals surface area contributed by atoms with Crippen molar-refractivity contribution >= 4 is 11.8 Å². The van der Waals surface area contributed by atoms with Crippen LogP contribution in [0.4, 0.5) is 13.2 Å². The van der Waals surface area contributed by atoms with Crippen LogP contribution in [-0.2, 0) is 0 Å². The summed E-state index contributed by atoms with van der Waals surface area (Å²) in [4.78, 5) is 0.0282.